The van der Waals surface area contributed by atoms with Crippen molar-refractivity contribution in [3.63, 3.8) is 0 Å². The average molecular weight is 304 g/mol. The zero-order valence-corrected chi connectivity index (χ0v) is 13.4. The average Bonchev–Trinajstić information content (AvgIpc) is 2.56. The van der Waals surface area contributed by atoms with E-state index in [1.807, 2.05) is 79.2 Å². The van der Waals surface area contributed by atoms with Gasteiger partial charge in [0.1, 0.15) is 0 Å². The van der Waals surface area contributed by atoms with Gasteiger partial charge in [0, 0.05) is 29.2 Å². The summed E-state index contributed by atoms with van der Waals surface area (Å²) in [5.41, 5.74) is 10.9. The van der Waals surface area contributed by atoms with Crippen molar-refractivity contribution in [1.29, 1.82) is 0 Å². The lowest BCUT2D eigenvalue weighted by Gasteiger charge is -2.17. The molecule has 3 nitrogen and oxygen atoms in total. The van der Waals surface area contributed by atoms with Gasteiger partial charge in [-0.05, 0) is 31.5 Å². The van der Waals surface area contributed by atoms with E-state index in [2.05, 4.69) is 0 Å². The Kier molecular flexibility index (Phi) is 4.13. The highest BCUT2D eigenvalue weighted by atomic mass is 16.1. The van der Waals surface area contributed by atoms with Crippen LogP contribution < -0.4 is 11.2 Å². The summed E-state index contributed by atoms with van der Waals surface area (Å²) in [5, 5.41) is 0. The van der Waals surface area contributed by atoms with Crippen LogP contribution in [0.1, 0.15) is 28.4 Å². The molecule has 2 N–H and O–H groups in total. The minimum atomic E-state index is -0.432. The quantitative estimate of drug-likeness (QED) is 0.805. The molecule has 0 amide bonds. The summed E-state index contributed by atoms with van der Waals surface area (Å²) >= 11 is 0. The molecular formula is C20H20N2O. The van der Waals surface area contributed by atoms with Gasteiger partial charge in [-0.2, -0.15) is 0 Å². The Morgan fingerprint density at radius 2 is 1.61 bits per heavy atom. The predicted octanol–water partition coefficient (Wildman–Crippen LogP) is 3.50. The first kappa shape index (κ1) is 15.3. The highest BCUT2D eigenvalue weighted by molar-refractivity contribution is 5.38. The van der Waals surface area contributed by atoms with E-state index in [-0.39, 0.29) is 5.43 Å². The fourth-order valence-electron chi connectivity index (χ4n) is 2.70. The van der Waals surface area contributed by atoms with Crippen LogP contribution in [0.5, 0.6) is 0 Å². The van der Waals surface area contributed by atoms with Crippen LogP contribution in [0.4, 0.5) is 0 Å². The lowest BCUT2D eigenvalue weighted by Crippen LogP contribution is -2.23. The first-order valence-corrected chi connectivity index (χ1v) is 7.67. The fraction of sp³-hybridized carbons (Fsp3) is 0.150. The smallest absolute Gasteiger partial charge is 0.186 e. The standard InChI is InChI=1S/C20H20N2O/c1-14-8-10-16(11-9-14)20(21)18-13-22(15(2)12-19(18)23)17-6-4-3-5-7-17/h3-13,20H,21H2,1-2H3. The van der Waals surface area contributed by atoms with E-state index in [0.717, 1.165) is 16.9 Å². The molecule has 0 fully saturated rings. The molecule has 23 heavy (non-hydrogen) atoms. The molecule has 116 valence electrons. The van der Waals surface area contributed by atoms with Crippen LogP contribution in [0.2, 0.25) is 0 Å². The lowest BCUT2D eigenvalue weighted by atomic mass is 9.99. The molecule has 1 atom stereocenters. The highest BCUT2D eigenvalue weighted by Crippen LogP contribution is 2.19. The Balaban J connectivity index is 2.09. The van der Waals surface area contributed by atoms with E-state index in [1.165, 1.54) is 5.56 Å². The minimum absolute atomic E-state index is 0.0252. The monoisotopic (exact) mass is 304 g/mol. The second-order valence-corrected chi connectivity index (χ2v) is 5.83. The number of benzene rings is 2. The van der Waals surface area contributed by atoms with Gasteiger partial charge in [-0.15, -0.1) is 0 Å². The van der Waals surface area contributed by atoms with Gasteiger partial charge in [-0.1, -0.05) is 48.0 Å². The molecule has 1 heterocycles. The molecule has 0 saturated carbocycles. The summed E-state index contributed by atoms with van der Waals surface area (Å²) in [4.78, 5) is 12.4. The number of nitrogens with two attached hydrogens (primary N) is 1. The molecule has 1 aromatic heterocycles. The molecule has 0 saturated heterocycles. The second-order valence-electron chi connectivity index (χ2n) is 5.83. The number of rotatable bonds is 3. The van der Waals surface area contributed by atoms with Gasteiger partial charge in [0.15, 0.2) is 5.43 Å². The van der Waals surface area contributed by atoms with Crippen LogP contribution in [0.3, 0.4) is 0 Å². The molecule has 2 aromatic carbocycles. The molecule has 0 bridgehead atoms. The zero-order valence-electron chi connectivity index (χ0n) is 13.4. The molecule has 3 aromatic rings. The molecule has 3 heteroatoms. The summed E-state index contributed by atoms with van der Waals surface area (Å²) in [5.74, 6) is 0. The summed E-state index contributed by atoms with van der Waals surface area (Å²) in [6, 6.07) is 19.2. The topological polar surface area (TPSA) is 48.0 Å². The van der Waals surface area contributed by atoms with E-state index >= 15 is 0 Å². The number of hydrogen-bond donors (Lipinski definition) is 1. The van der Waals surface area contributed by atoms with Crippen molar-refractivity contribution >= 4 is 0 Å². The number of aryl methyl sites for hydroxylation is 2. The number of nitrogens with zero attached hydrogens (tertiary/aromatic N) is 1. The summed E-state index contributed by atoms with van der Waals surface area (Å²) < 4.78 is 2.00. The third kappa shape index (κ3) is 3.10. The molecule has 0 spiro atoms. The van der Waals surface area contributed by atoms with E-state index in [4.69, 9.17) is 5.73 Å². The predicted molar refractivity (Wildman–Crippen MR) is 94.0 cm³/mol. The minimum Gasteiger partial charge on any atom is -0.321 e. The van der Waals surface area contributed by atoms with Crippen LogP contribution in [0.25, 0.3) is 5.69 Å². The zero-order chi connectivity index (χ0) is 16.4. The van der Waals surface area contributed by atoms with Crippen LogP contribution in [0.15, 0.2) is 71.7 Å². The van der Waals surface area contributed by atoms with Gasteiger partial charge >= 0.3 is 0 Å². The molecule has 0 aliphatic heterocycles. The van der Waals surface area contributed by atoms with Gasteiger partial charge in [-0.25, -0.2) is 0 Å². The first-order valence-electron chi connectivity index (χ1n) is 7.67. The Hall–Kier alpha value is -2.65. The second kappa shape index (κ2) is 6.23. The first-order chi connectivity index (χ1) is 11.1. The molecule has 1 unspecified atom stereocenters. The van der Waals surface area contributed by atoms with Gasteiger partial charge in [0.2, 0.25) is 0 Å². The molecule has 0 aliphatic carbocycles. The molecule has 0 aliphatic rings. The Bertz CT molecular complexity index is 864. The molecule has 3 rings (SSSR count). The van der Waals surface area contributed by atoms with Crippen LogP contribution in [0, 0.1) is 13.8 Å². The van der Waals surface area contributed by atoms with Gasteiger partial charge in [-0.3, -0.25) is 4.79 Å². The Morgan fingerprint density at radius 3 is 2.26 bits per heavy atom. The Morgan fingerprint density at radius 1 is 0.957 bits per heavy atom. The normalized spacial score (nSPS) is 12.1. The number of hydrogen-bond acceptors (Lipinski definition) is 2. The van der Waals surface area contributed by atoms with Crippen molar-refractivity contribution in [3.05, 3.63) is 99.5 Å². The number of pyridine rings is 1. The summed E-state index contributed by atoms with van der Waals surface area (Å²) in [7, 11) is 0. The lowest BCUT2D eigenvalue weighted by molar-refractivity contribution is 0.828. The van der Waals surface area contributed by atoms with E-state index in [1.54, 1.807) is 6.07 Å². The SMILES string of the molecule is Cc1ccc(C(N)c2cn(-c3ccccc3)c(C)cc2=O)cc1. The van der Waals surface area contributed by atoms with Crippen LogP contribution in [-0.2, 0) is 0 Å². The summed E-state index contributed by atoms with van der Waals surface area (Å²) in [6.07, 6.45) is 1.86. The number of aromatic nitrogens is 1. The van der Waals surface area contributed by atoms with E-state index in [9.17, 15) is 4.79 Å². The fourth-order valence-corrected chi connectivity index (χ4v) is 2.70. The van der Waals surface area contributed by atoms with Crippen molar-refractivity contribution in [2.45, 2.75) is 19.9 Å². The van der Waals surface area contributed by atoms with Crippen molar-refractivity contribution in [3.8, 4) is 5.69 Å². The maximum absolute atomic E-state index is 12.4. The van der Waals surface area contributed by atoms with Crippen molar-refractivity contribution in [2.75, 3.05) is 0 Å². The number of para-hydroxylation sites is 1. The largest absolute Gasteiger partial charge is 0.321 e. The molecule has 0 radical (unpaired) electrons. The summed E-state index contributed by atoms with van der Waals surface area (Å²) in [6.45, 7) is 3.96. The van der Waals surface area contributed by atoms with E-state index < -0.39 is 6.04 Å². The van der Waals surface area contributed by atoms with Crippen molar-refractivity contribution < 1.29 is 0 Å². The van der Waals surface area contributed by atoms with Gasteiger partial charge < -0.3 is 10.3 Å². The third-order valence-electron chi connectivity index (χ3n) is 4.08. The highest BCUT2D eigenvalue weighted by Gasteiger charge is 2.14. The van der Waals surface area contributed by atoms with Crippen LogP contribution in [-0.4, -0.2) is 4.57 Å². The maximum atomic E-state index is 12.4. The third-order valence-corrected chi connectivity index (χ3v) is 4.08. The van der Waals surface area contributed by atoms with Gasteiger partial charge in [0.05, 0.1) is 6.04 Å². The molecular weight excluding hydrogens is 284 g/mol. The van der Waals surface area contributed by atoms with Crippen LogP contribution >= 0.6 is 0 Å². The van der Waals surface area contributed by atoms with Gasteiger partial charge in [0.25, 0.3) is 0 Å². The van der Waals surface area contributed by atoms with Crippen molar-refractivity contribution in [1.82, 2.24) is 4.57 Å². The van der Waals surface area contributed by atoms with E-state index in [0.29, 0.717) is 5.56 Å². The van der Waals surface area contributed by atoms with Crippen molar-refractivity contribution in [2.24, 2.45) is 5.73 Å². The Labute approximate surface area is 136 Å². The maximum Gasteiger partial charge on any atom is 0.186 e.